The molecule has 2 aromatic heterocycles. The molecule has 0 fully saturated rings. The van der Waals surface area contributed by atoms with E-state index in [1.165, 1.54) is 19.9 Å². The molecule has 0 aliphatic heterocycles. The third-order valence-electron chi connectivity index (χ3n) is 3.92. The number of carbonyl (C=O) groups is 1. The monoisotopic (exact) mass is 553 g/mol. The summed E-state index contributed by atoms with van der Waals surface area (Å²) >= 11 is 0. The van der Waals surface area contributed by atoms with Crippen LogP contribution >= 0.6 is 0 Å². The summed E-state index contributed by atoms with van der Waals surface area (Å²) in [4.78, 5) is 14.5. The quantitative estimate of drug-likeness (QED) is 0.194. The molecule has 0 spiro atoms. The Morgan fingerprint density at radius 1 is 1.11 bits per heavy atom. The number of rotatable bonds is 2. The Labute approximate surface area is 178 Å². The number of para-hydroxylation sites is 1. The minimum absolute atomic E-state index is 0. The molecule has 146 valence electrons. The molecule has 28 heavy (non-hydrogen) atoms. The van der Waals surface area contributed by atoms with Gasteiger partial charge in [0.2, 0.25) is 0 Å². The third kappa shape index (κ3) is 4.96. The van der Waals surface area contributed by atoms with Crippen molar-refractivity contribution in [3.8, 4) is 11.3 Å². The minimum atomic E-state index is -0.125. The first-order valence-electron chi connectivity index (χ1n) is 8.58. The molecule has 2 heterocycles. The van der Waals surface area contributed by atoms with Crippen LogP contribution in [-0.2, 0) is 25.9 Å². The average molecular weight is 553 g/mol. The first-order chi connectivity index (χ1) is 13.0. The van der Waals surface area contributed by atoms with E-state index >= 15 is 0 Å². The normalized spacial score (nSPS) is 10.9. The van der Waals surface area contributed by atoms with Crippen molar-refractivity contribution in [1.82, 2.24) is 4.98 Å². The molecular formula is C23H20NO3Pt-. The predicted octanol–water partition coefficient (Wildman–Crippen LogP) is 5.79. The number of pyridine rings is 1. The number of aromatic nitrogens is 1. The van der Waals surface area contributed by atoms with E-state index in [-0.39, 0.29) is 32.6 Å². The van der Waals surface area contributed by atoms with Gasteiger partial charge in [-0.25, -0.2) is 0 Å². The zero-order valence-corrected chi connectivity index (χ0v) is 18.1. The number of benzene rings is 2. The van der Waals surface area contributed by atoms with Crippen LogP contribution in [0.4, 0.5) is 0 Å². The number of aliphatic hydroxyl groups excluding tert-OH is 1. The number of allylic oxidation sites excluding steroid dienone is 2. The first-order valence-corrected chi connectivity index (χ1v) is 8.58. The van der Waals surface area contributed by atoms with Gasteiger partial charge in [0.15, 0.2) is 5.78 Å². The van der Waals surface area contributed by atoms with Crippen molar-refractivity contribution < 1.29 is 35.4 Å². The summed E-state index contributed by atoms with van der Waals surface area (Å²) in [6, 6.07) is 19.4. The van der Waals surface area contributed by atoms with E-state index in [1.807, 2.05) is 49.5 Å². The van der Waals surface area contributed by atoms with Gasteiger partial charge in [0.25, 0.3) is 0 Å². The molecule has 5 heteroatoms. The SMILES string of the molecule is CC(=O)/C=C(/C)O.Cc1ccc(-c2[c-]ccc3c2oc2ccccc23)nc1.[Pt]. The second-order valence-corrected chi connectivity index (χ2v) is 6.31. The van der Waals surface area contributed by atoms with Crippen molar-refractivity contribution in [2.75, 3.05) is 0 Å². The topological polar surface area (TPSA) is 63.3 Å². The molecule has 4 rings (SSSR count). The first kappa shape index (κ1) is 21.6. The fraction of sp³-hybridized carbons (Fsp3) is 0.130. The molecule has 0 aliphatic carbocycles. The second-order valence-electron chi connectivity index (χ2n) is 6.31. The molecule has 1 N–H and O–H groups in total. The van der Waals surface area contributed by atoms with Gasteiger partial charge in [0.05, 0.1) is 11.3 Å². The number of ketones is 1. The van der Waals surface area contributed by atoms with Gasteiger partial charge in [-0.2, -0.15) is 0 Å². The molecule has 4 nitrogen and oxygen atoms in total. The maximum Gasteiger partial charge on any atom is 0.155 e. The predicted molar refractivity (Wildman–Crippen MR) is 108 cm³/mol. The molecule has 0 aliphatic rings. The molecule has 2 aromatic carbocycles. The summed E-state index contributed by atoms with van der Waals surface area (Å²) < 4.78 is 6.00. The van der Waals surface area contributed by atoms with Gasteiger partial charge in [-0.1, -0.05) is 41.3 Å². The van der Waals surface area contributed by atoms with E-state index in [9.17, 15) is 4.79 Å². The van der Waals surface area contributed by atoms with Crippen LogP contribution in [0.15, 0.2) is 71.0 Å². The van der Waals surface area contributed by atoms with Crippen molar-refractivity contribution in [2.45, 2.75) is 20.8 Å². The molecule has 0 saturated carbocycles. The molecular weight excluding hydrogens is 533 g/mol. The summed E-state index contributed by atoms with van der Waals surface area (Å²) in [5.41, 5.74) is 4.70. The number of furan rings is 1. The third-order valence-corrected chi connectivity index (χ3v) is 3.92. The summed E-state index contributed by atoms with van der Waals surface area (Å²) in [5.74, 6) is -0.0625. The van der Waals surface area contributed by atoms with Crippen LogP contribution in [0.25, 0.3) is 33.2 Å². The van der Waals surface area contributed by atoms with Crippen LogP contribution in [0.5, 0.6) is 0 Å². The number of hydrogen-bond acceptors (Lipinski definition) is 4. The molecule has 0 radical (unpaired) electrons. The van der Waals surface area contributed by atoms with Crippen LogP contribution in [-0.4, -0.2) is 15.9 Å². The Balaban J connectivity index is 0.000000306. The Kier molecular flexibility index (Phi) is 7.30. The summed E-state index contributed by atoms with van der Waals surface area (Å²) in [7, 11) is 0. The Morgan fingerprint density at radius 2 is 1.86 bits per heavy atom. The van der Waals surface area contributed by atoms with Crippen LogP contribution in [0.2, 0.25) is 0 Å². The Morgan fingerprint density at radius 3 is 2.46 bits per heavy atom. The molecule has 0 bridgehead atoms. The smallest absolute Gasteiger partial charge is 0.155 e. The van der Waals surface area contributed by atoms with Gasteiger partial charge in [0.1, 0.15) is 5.58 Å². The van der Waals surface area contributed by atoms with Crippen LogP contribution in [0, 0.1) is 13.0 Å². The van der Waals surface area contributed by atoms with E-state index in [2.05, 4.69) is 23.2 Å². The van der Waals surface area contributed by atoms with Crippen molar-refractivity contribution in [3.63, 3.8) is 0 Å². The number of nitrogens with zero attached hydrogens (tertiary/aromatic N) is 1. The van der Waals surface area contributed by atoms with Gasteiger partial charge in [-0.15, -0.1) is 18.2 Å². The van der Waals surface area contributed by atoms with Crippen LogP contribution in [0.3, 0.4) is 0 Å². The van der Waals surface area contributed by atoms with Crippen molar-refractivity contribution >= 4 is 27.7 Å². The number of fused-ring (bicyclic) bond motifs is 3. The summed E-state index contributed by atoms with van der Waals surface area (Å²) in [5, 5.41) is 10.6. The fourth-order valence-electron chi connectivity index (χ4n) is 2.79. The van der Waals surface area contributed by atoms with Crippen LogP contribution < -0.4 is 0 Å². The molecule has 4 aromatic rings. The Hall–Kier alpha value is -2.71. The molecule has 0 saturated heterocycles. The van der Waals surface area contributed by atoms with E-state index in [0.717, 1.165) is 38.8 Å². The number of carbonyl (C=O) groups excluding carboxylic acids is 1. The number of aliphatic hydroxyl groups is 1. The molecule has 0 unspecified atom stereocenters. The molecule has 0 atom stereocenters. The van der Waals surface area contributed by atoms with Gasteiger partial charge in [-0.05, 0) is 38.1 Å². The largest absolute Gasteiger partial charge is 0.512 e. The van der Waals surface area contributed by atoms with Gasteiger partial charge >= 0.3 is 0 Å². The summed E-state index contributed by atoms with van der Waals surface area (Å²) in [6.45, 7) is 4.88. The van der Waals surface area contributed by atoms with E-state index in [1.54, 1.807) is 0 Å². The second kappa shape index (κ2) is 9.47. The number of aryl methyl sites for hydroxylation is 1. The zero-order valence-electron chi connectivity index (χ0n) is 15.8. The van der Waals surface area contributed by atoms with Crippen molar-refractivity contribution in [3.05, 3.63) is 78.2 Å². The number of hydrogen-bond donors (Lipinski definition) is 1. The summed E-state index contributed by atoms with van der Waals surface area (Å²) in [6.07, 6.45) is 3.03. The van der Waals surface area contributed by atoms with Gasteiger partial charge in [-0.3, -0.25) is 4.79 Å². The fourth-order valence-corrected chi connectivity index (χ4v) is 2.79. The van der Waals surface area contributed by atoms with Crippen molar-refractivity contribution in [1.29, 1.82) is 0 Å². The minimum Gasteiger partial charge on any atom is -0.512 e. The van der Waals surface area contributed by atoms with E-state index in [4.69, 9.17) is 9.52 Å². The van der Waals surface area contributed by atoms with Gasteiger partial charge in [0, 0.05) is 38.7 Å². The zero-order chi connectivity index (χ0) is 19.4. The maximum atomic E-state index is 10.0. The van der Waals surface area contributed by atoms with Gasteiger partial charge < -0.3 is 14.5 Å². The molecule has 0 amide bonds. The maximum absolute atomic E-state index is 10.0. The van der Waals surface area contributed by atoms with E-state index < -0.39 is 0 Å². The Bertz CT molecular complexity index is 1120. The van der Waals surface area contributed by atoms with Crippen molar-refractivity contribution in [2.24, 2.45) is 0 Å². The average Bonchev–Trinajstić information content (AvgIpc) is 3.01. The van der Waals surface area contributed by atoms with Crippen LogP contribution in [0.1, 0.15) is 19.4 Å². The standard InChI is InChI=1S/C18H12NO.C5H8O2.Pt/c1-12-9-10-16(19-11-12)15-7-4-6-14-13-5-2-3-8-17(13)20-18(14)15;1-4(6)3-5(2)7;/h2-6,8-11H,1H3;3,6H,1-2H3;/q-1;;/b;4-3-;. The van der Waals surface area contributed by atoms with E-state index in [0.29, 0.717) is 0 Å².